The topological polar surface area (TPSA) is 18.5 Å². The summed E-state index contributed by atoms with van der Waals surface area (Å²) < 4.78 is 192. The smallest absolute Gasteiger partial charge is 0.461 e. The number of halogens is 14. The summed E-state index contributed by atoms with van der Waals surface area (Å²) >= 11 is 0. The Bertz CT molecular complexity index is 1230. The number of alkyl halides is 14. The largest absolute Gasteiger partial charge is 0.495 e. The molecule has 2 aromatic rings. The Morgan fingerprint density at radius 1 is 0.500 bits per heavy atom. The van der Waals surface area contributed by atoms with E-state index in [1.807, 2.05) is 0 Å². The molecule has 0 fully saturated rings. The number of hydrogen-bond acceptors (Lipinski definition) is 2. The molecular formula is C22H10F14O2. The highest BCUT2D eigenvalue weighted by atomic mass is 19.4. The van der Waals surface area contributed by atoms with Gasteiger partial charge < -0.3 is 9.47 Å². The van der Waals surface area contributed by atoms with Gasteiger partial charge in [0.15, 0.2) is 0 Å². The summed E-state index contributed by atoms with van der Waals surface area (Å²) in [5.41, 5.74) is -1.61. The van der Waals surface area contributed by atoms with Gasteiger partial charge in [0, 0.05) is 10.8 Å². The molecule has 0 aliphatic carbocycles. The third kappa shape index (κ3) is 5.21. The van der Waals surface area contributed by atoms with Gasteiger partial charge >= 0.3 is 36.0 Å². The lowest BCUT2D eigenvalue weighted by molar-refractivity contribution is -0.339. The minimum absolute atomic E-state index is 0.485. The van der Waals surface area contributed by atoms with Crippen molar-refractivity contribution in [3.8, 4) is 35.2 Å². The number of benzene rings is 2. The first kappa shape index (κ1) is 30.7. The Balaban J connectivity index is 2.84. The van der Waals surface area contributed by atoms with E-state index in [0.717, 1.165) is 38.5 Å². The van der Waals surface area contributed by atoms with Crippen LogP contribution in [0.25, 0.3) is 10.8 Å². The normalized spacial score (nSPS) is 13.4. The summed E-state index contributed by atoms with van der Waals surface area (Å²) in [6.45, 7) is 0. The van der Waals surface area contributed by atoms with Crippen molar-refractivity contribution in [2.75, 3.05) is 14.2 Å². The molecule has 208 valence electrons. The number of rotatable bonds is 4. The lowest BCUT2D eigenvalue weighted by Gasteiger charge is -2.24. The van der Waals surface area contributed by atoms with Gasteiger partial charge in [0.1, 0.15) is 11.5 Å². The van der Waals surface area contributed by atoms with Crippen LogP contribution < -0.4 is 9.47 Å². The zero-order valence-corrected chi connectivity index (χ0v) is 18.4. The van der Waals surface area contributed by atoms with Crippen molar-refractivity contribution in [1.29, 1.82) is 0 Å². The predicted molar refractivity (Wildman–Crippen MR) is 103 cm³/mol. The fraction of sp³-hybridized carbons (Fsp3) is 0.364. The van der Waals surface area contributed by atoms with Crippen molar-refractivity contribution in [2.45, 2.75) is 36.0 Å². The van der Waals surface area contributed by atoms with Gasteiger partial charge in [-0.25, -0.2) is 0 Å². The van der Waals surface area contributed by atoms with Gasteiger partial charge in [-0.05, 0) is 36.1 Å². The van der Waals surface area contributed by atoms with Gasteiger partial charge in [0.25, 0.3) is 0 Å². The molecule has 0 aliphatic rings. The van der Waals surface area contributed by atoms with Crippen molar-refractivity contribution in [2.24, 2.45) is 0 Å². The van der Waals surface area contributed by atoms with Gasteiger partial charge in [-0.3, -0.25) is 0 Å². The molecule has 0 heterocycles. The number of hydrogen-bond donors (Lipinski definition) is 0. The molecule has 0 atom stereocenters. The van der Waals surface area contributed by atoms with Crippen molar-refractivity contribution < 1.29 is 70.9 Å². The Morgan fingerprint density at radius 3 is 1.03 bits per heavy atom. The van der Waals surface area contributed by atoms with E-state index in [4.69, 9.17) is 9.47 Å². The standard InChI is InChI=1S/C22H10F14O2/c1-37-15-5-3-12-11(13(15)7-9-17(23,24)19(27,28)21(31,32)33)4-6-16(38-2)14(12)8-10-18(25,26)20(29,30)22(34,35)36/h3-6H,1-2H3. The van der Waals surface area contributed by atoms with Crippen LogP contribution in [0.2, 0.25) is 0 Å². The number of methoxy groups -OCH3 is 2. The molecule has 16 heteroatoms. The molecule has 0 N–H and O–H groups in total. The minimum Gasteiger partial charge on any atom is -0.495 e. The first-order valence-corrected chi connectivity index (χ1v) is 9.44. The maximum atomic E-state index is 13.7. The van der Waals surface area contributed by atoms with Crippen molar-refractivity contribution >= 4 is 10.8 Å². The second-order valence-corrected chi connectivity index (χ2v) is 7.17. The molecule has 0 amide bonds. The van der Waals surface area contributed by atoms with Gasteiger partial charge in [-0.2, -0.15) is 61.5 Å². The SMILES string of the molecule is COc1ccc2c(C#CC(F)(F)C(F)(F)C(F)(F)F)c(OC)ccc2c1C#CC(F)(F)C(F)(F)C(F)(F)F. The first-order valence-electron chi connectivity index (χ1n) is 9.44. The van der Waals surface area contributed by atoms with Crippen LogP contribution in [0, 0.1) is 23.7 Å². The molecule has 0 aliphatic heterocycles. The molecule has 2 nitrogen and oxygen atoms in total. The minimum atomic E-state index is -6.70. The third-order valence-corrected chi connectivity index (χ3v) is 4.75. The summed E-state index contributed by atoms with van der Waals surface area (Å²) in [4.78, 5) is 0. The molecule has 0 aromatic heterocycles. The Hall–Kier alpha value is -3.56. The van der Waals surface area contributed by atoms with Crippen LogP contribution in [0.4, 0.5) is 61.5 Å². The highest BCUT2D eigenvalue weighted by molar-refractivity contribution is 5.96. The Morgan fingerprint density at radius 2 is 0.789 bits per heavy atom. The highest BCUT2D eigenvalue weighted by Gasteiger charge is 2.73. The summed E-state index contributed by atoms with van der Waals surface area (Å²) in [5, 5.41) is -0.974. The number of ether oxygens (including phenoxy) is 2. The van der Waals surface area contributed by atoms with Crippen LogP contribution in [0.5, 0.6) is 11.5 Å². The fourth-order valence-electron chi connectivity index (χ4n) is 2.76. The average Bonchev–Trinajstić information content (AvgIpc) is 2.78. The zero-order chi connectivity index (χ0) is 29.5. The summed E-state index contributed by atoms with van der Waals surface area (Å²) in [7, 11) is 1.80. The summed E-state index contributed by atoms with van der Waals surface area (Å²) in [5.74, 6) is -22.4. The van der Waals surface area contributed by atoms with Crippen LogP contribution in [0.15, 0.2) is 24.3 Å². The molecule has 2 aromatic carbocycles. The van der Waals surface area contributed by atoms with Gasteiger partial charge in [0.05, 0.1) is 25.3 Å². The van der Waals surface area contributed by atoms with Crippen LogP contribution >= 0.6 is 0 Å². The molecule has 0 saturated heterocycles. The van der Waals surface area contributed by atoms with Crippen molar-refractivity contribution in [3.05, 3.63) is 35.4 Å². The third-order valence-electron chi connectivity index (χ3n) is 4.75. The molecule has 0 unspecified atom stereocenters. The van der Waals surface area contributed by atoms with Crippen LogP contribution in [0.1, 0.15) is 11.1 Å². The number of fused-ring (bicyclic) bond motifs is 1. The first-order chi connectivity index (χ1) is 17.1. The quantitative estimate of drug-likeness (QED) is 0.285. The van der Waals surface area contributed by atoms with E-state index in [9.17, 15) is 61.5 Å². The van der Waals surface area contributed by atoms with Crippen LogP contribution in [-0.2, 0) is 0 Å². The van der Waals surface area contributed by atoms with E-state index in [2.05, 4.69) is 0 Å². The van der Waals surface area contributed by atoms with E-state index >= 15 is 0 Å². The maximum absolute atomic E-state index is 13.7. The average molecular weight is 572 g/mol. The Kier molecular flexibility index (Phi) is 7.77. The predicted octanol–water partition coefficient (Wildman–Crippen LogP) is 7.23. The maximum Gasteiger partial charge on any atom is 0.461 e. The lowest BCUT2D eigenvalue weighted by Crippen LogP contribution is -2.51. The van der Waals surface area contributed by atoms with Crippen molar-refractivity contribution in [3.63, 3.8) is 0 Å². The lowest BCUT2D eigenvalue weighted by atomic mass is 9.97. The van der Waals surface area contributed by atoms with Gasteiger partial charge in [-0.1, -0.05) is 11.8 Å². The second kappa shape index (κ2) is 9.63. The van der Waals surface area contributed by atoms with E-state index in [0.29, 0.717) is 11.8 Å². The second-order valence-electron chi connectivity index (χ2n) is 7.17. The summed E-state index contributed by atoms with van der Waals surface area (Å²) in [6, 6.07) is 3.49. The summed E-state index contributed by atoms with van der Waals surface area (Å²) in [6.07, 6.45) is -13.4. The van der Waals surface area contributed by atoms with E-state index < -0.39 is 69.4 Å². The molecule has 0 spiro atoms. The van der Waals surface area contributed by atoms with Gasteiger partial charge in [-0.15, -0.1) is 0 Å². The fourth-order valence-corrected chi connectivity index (χ4v) is 2.76. The molecule has 38 heavy (non-hydrogen) atoms. The van der Waals surface area contributed by atoms with Gasteiger partial charge in [0.2, 0.25) is 0 Å². The van der Waals surface area contributed by atoms with Crippen LogP contribution in [-0.4, -0.2) is 50.3 Å². The van der Waals surface area contributed by atoms with E-state index in [1.165, 1.54) is 11.8 Å². The Labute approximate surface area is 203 Å². The molecule has 0 radical (unpaired) electrons. The van der Waals surface area contributed by atoms with Crippen LogP contribution in [0.3, 0.4) is 0 Å². The molecular weight excluding hydrogens is 562 g/mol. The van der Waals surface area contributed by atoms with E-state index in [-0.39, 0.29) is 0 Å². The van der Waals surface area contributed by atoms with Crippen molar-refractivity contribution in [1.82, 2.24) is 0 Å². The molecule has 0 saturated carbocycles. The molecule has 2 rings (SSSR count). The highest BCUT2D eigenvalue weighted by Crippen LogP contribution is 2.47. The van der Waals surface area contributed by atoms with E-state index in [1.54, 1.807) is 0 Å². The monoisotopic (exact) mass is 572 g/mol. The zero-order valence-electron chi connectivity index (χ0n) is 18.4. The molecule has 0 bridgehead atoms.